The molecule has 0 radical (unpaired) electrons. The number of phenolic OH excluding ortho intramolecular Hbond substituents is 1. The van der Waals surface area contributed by atoms with Crippen LogP contribution in [0.1, 0.15) is 29.0 Å². The van der Waals surface area contributed by atoms with Gasteiger partial charge in [0, 0.05) is 36.3 Å². The van der Waals surface area contributed by atoms with Crippen LogP contribution < -0.4 is 5.32 Å². The molecule has 0 saturated carbocycles. The minimum Gasteiger partial charge on any atom is -0.508 e. The monoisotopic (exact) mass is 366 g/mol. The minimum atomic E-state index is -0.242. The summed E-state index contributed by atoms with van der Waals surface area (Å²) < 4.78 is 0. The molecule has 1 atom stereocenters. The number of halogens is 1. The van der Waals surface area contributed by atoms with Gasteiger partial charge in [-0.15, -0.1) is 0 Å². The highest BCUT2D eigenvalue weighted by atomic mass is 35.5. The van der Waals surface area contributed by atoms with Crippen molar-refractivity contribution in [3.8, 4) is 5.75 Å². The Labute approximate surface area is 157 Å². The third-order valence-electron chi connectivity index (χ3n) is 4.18. The third-order valence-corrected chi connectivity index (χ3v) is 4.53. The second-order valence-corrected chi connectivity index (χ2v) is 6.41. The van der Waals surface area contributed by atoms with E-state index in [9.17, 15) is 9.90 Å². The molecule has 2 aromatic carbocycles. The maximum absolute atomic E-state index is 12.5. The summed E-state index contributed by atoms with van der Waals surface area (Å²) in [5, 5.41) is 13.4. The third kappa shape index (κ3) is 4.61. The number of rotatable bonds is 6. The topological polar surface area (TPSA) is 62.2 Å². The smallest absolute Gasteiger partial charge is 0.221 e. The van der Waals surface area contributed by atoms with E-state index in [1.165, 1.54) is 0 Å². The number of carbonyl (C=O) groups is 1. The van der Waals surface area contributed by atoms with Gasteiger partial charge in [-0.05, 0) is 47.0 Å². The molecule has 132 valence electrons. The van der Waals surface area contributed by atoms with Crippen LogP contribution in [0.5, 0.6) is 5.75 Å². The summed E-state index contributed by atoms with van der Waals surface area (Å²) in [7, 11) is 0. The van der Waals surface area contributed by atoms with E-state index in [0.717, 1.165) is 16.7 Å². The number of hydrogen-bond donors (Lipinski definition) is 2. The first-order valence-corrected chi connectivity index (χ1v) is 8.70. The standard InChI is InChI=1S/C21H19ClN2O2/c22-20-7-2-1-6-18(20)19(16-4-3-5-17(25)12-16)13-21(26)24-14-15-8-10-23-11-9-15/h1-12,19,25H,13-14H2,(H,24,26). The molecule has 0 aliphatic carbocycles. The summed E-state index contributed by atoms with van der Waals surface area (Å²) in [6.07, 6.45) is 3.62. The Morgan fingerprint density at radius 2 is 1.85 bits per heavy atom. The molecule has 4 nitrogen and oxygen atoms in total. The van der Waals surface area contributed by atoms with Crippen molar-refractivity contribution in [3.05, 3.63) is 94.8 Å². The Morgan fingerprint density at radius 3 is 2.58 bits per heavy atom. The van der Waals surface area contributed by atoms with E-state index in [2.05, 4.69) is 10.3 Å². The number of amides is 1. The van der Waals surface area contributed by atoms with Crippen molar-refractivity contribution in [1.82, 2.24) is 10.3 Å². The van der Waals surface area contributed by atoms with Gasteiger partial charge in [0.25, 0.3) is 0 Å². The van der Waals surface area contributed by atoms with Crippen LogP contribution in [0.4, 0.5) is 0 Å². The van der Waals surface area contributed by atoms with Crippen molar-refractivity contribution in [2.24, 2.45) is 0 Å². The van der Waals surface area contributed by atoms with E-state index in [0.29, 0.717) is 11.6 Å². The van der Waals surface area contributed by atoms with Gasteiger partial charge in [-0.3, -0.25) is 9.78 Å². The molecule has 5 heteroatoms. The molecule has 1 aromatic heterocycles. The Balaban J connectivity index is 1.80. The first-order chi connectivity index (χ1) is 12.6. The summed E-state index contributed by atoms with van der Waals surface area (Å²) in [5.41, 5.74) is 2.69. The van der Waals surface area contributed by atoms with Crippen LogP contribution in [0.2, 0.25) is 5.02 Å². The van der Waals surface area contributed by atoms with Gasteiger partial charge in [-0.1, -0.05) is 41.9 Å². The lowest BCUT2D eigenvalue weighted by molar-refractivity contribution is -0.121. The summed E-state index contributed by atoms with van der Waals surface area (Å²) >= 11 is 6.36. The van der Waals surface area contributed by atoms with E-state index in [1.807, 2.05) is 42.5 Å². The highest BCUT2D eigenvalue weighted by Gasteiger charge is 2.20. The molecule has 2 N–H and O–H groups in total. The average molecular weight is 367 g/mol. The number of aromatic hydroxyl groups is 1. The number of benzene rings is 2. The molecule has 1 unspecified atom stereocenters. The largest absolute Gasteiger partial charge is 0.508 e. The van der Waals surface area contributed by atoms with Crippen molar-refractivity contribution < 1.29 is 9.90 Å². The molecule has 26 heavy (non-hydrogen) atoms. The van der Waals surface area contributed by atoms with E-state index in [1.54, 1.807) is 30.6 Å². The maximum atomic E-state index is 12.5. The number of carbonyl (C=O) groups excluding carboxylic acids is 1. The van der Waals surface area contributed by atoms with Gasteiger partial charge in [0.15, 0.2) is 0 Å². The lowest BCUT2D eigenvalue weighted by Crippen LogP contribution is -2.25. The van der Waals surface area contributed by atoms with Crippen LogP contribution in [-0.4, -0.2) is 16.0 Å². The molecule has 0 saturated heterocycles. The second kappa shape index (κ2) is 8.50. The van der Waals surface area contributed by atoms with Crippen molar-refractivity contribution in [3.63, 3.8) is 0 Å². The van der Waals surface area contributed by atoms with Crippen molar-refractivity contribution in [2.45, 2.75) is 18.9 Å². The zero-order chi connectivity index (χ0) is 18.4. The van der Waals surface area contributed by atoms with Crippen LogP contribution in [0, 0.1) is 0 Å². The van der Waals surface area contributed by atoms with Gasteiger partial charge in [-0.25, -0.2) is 0 Å². The van der Waals surface area contributed by atoms with Crippen molar-refractivity contribution in [2.75, 3.05) is 0 Å². The maximum Gasteiger partial charge on any atom is 0.221 e. The fraction of sp³-hybridized carbons (Fsp3) is 0.143. The fourth-order valence-electron chi connectivity index (χ4n) is 2.87. The Bertz CT molecular complexity index is 884. The minimum absolute atomic E-state index is 0.0879. The Hall–Kier alpha value is -2.85. The van der Waals surface area contributed by atoms with E-state index >= 15 is 0 Å². The van der Waals surface area contributed by atoms with Gasteiger partial charge in [0.2, 0.25) is 5.91 Å². The summed E-state index contributed by atoms with van der Waals surface area (Å²) in [5.74, 6) is -0.167. The van der Waals surface area contributed by atoms with Crippen LogP contribution in [0.25, 0.3) is 0 Å². The van der Waals surface area contributed by atoms with E-state index in [4.69, 9.17) is 11.6 Å². The zero-order valence-electron chi connectivity index (χ0n) is 14.1. The number of nitrogens with zero attached hydrogens (tertiary/aromatic N) is 1. The van der Waals surface area contributed by atoms with Crippen LogP contribution in [-0.2, 0) is 11.3 Å². The lowest BCUT2D eigenvalue weighted by atomic mass is 9.88. The van der Waals surface area contributed by atoms with Gasteiger partial charge >= 0.3 is 0 Å². The summed E-state index contributed by atoms with van der Waals surface area (Å²) in [6, 6.07) is 18.1. The highest BCUT2D eigenvalue weighted by molar-refractivity contribution is 6.31. The number of nitrogens with one attached hydrogen (secondary N) is 1. The second-order valence-electron chi connectivity index (χ2n) is 6.01. The first kappa shape index (κ1) is 18.0. The zero-order valence-corrected chi connectivity index (χ0v) is 14.9. The van der Waals surface area contributed by atoms with Crippen molar-refractivity contribution in [1.29, 1.82) is 0 Å². The average Bonchev–Trinajstić information content (AvgIpc) is 2.66. The van der Waals surface area contributed by atoms with Gasteiger partial charge < -0.3 is 10.4 Å². The molecule has 0 spiro atoms. The molecule has 1 amide bonds. The molecule has 0 fully saturated rings. The molecule has 3 aromatic rings. The number of aromatic nitrogens is 1. The molecule has 1 heterocycles. The number of hydrogen-bond acceptors (Lipinski definition) is 3. The first-order valence-electron chi connectivity index (χ1n) is 8.32. The predicted molar refractivity (Wildman–Crippen MR) is 102 cm³/mol. The van der Waals surface area contributed by atoms with Crippen LogP contribution >= 0.6 is 11.6 Å². The van der Waals surface area contributed by atoms with Gasteiger partial charge in [-0.2, -0.15) is 0 Å². The molecular formula is C21H19ClN2O2. The molecule has 0 bridgehead atoms. The predicted octanol–water partition coefficient (Wildman–Crippen LogP) is 4.28. The Morgan fingerprint density at radius 1 is 1.08 bits per heavy atom. The van der Waals surface area contributed by atoms with Gasteiger partial charge in [0.05, 0.1) is 0 Å². The summed E-state index contributed by atoms with van der Waals surface area (Å²) in [4.78, 5) is 16.5. The number of pyridine rings is 1. The van der Waals surface area contributed by atoms with E-state index in [-0.39, 0.29) is 24.0 Å². The quantitative estimate of drug-likeness (QED) is 0.684. The van der Waals surface area contributed by atoms with Gasteiger partial charge in [0.1, 0.15) is 5.75 Å². The Kier molecular flexibility index (Phi) is 5.87. The van der Waals surface area contributed by atoms with Crippen molar-refractivity contribution >= 4 is 17.5 Å². The molecule has 3 rings (SSSR count). The molecule has 0 aliphatic heterocycles. The van der Waals surface area contributed by atoms with Crippen LogP contribution in [0.3, 0.4) is 0 Å². The van der Waals surface area contributed by atoms with Crippen LogP contribution in [0.15, 0.2) is 73.1 Å². The highest BCUT2D eigenvalue weighted by Crippen LogP contribution is 2.34. The normalized spacial score (nSPS) is 11.7. The number of phenols is 1. The van der Waals surface area contributed by atoms with E-state index < -0.39 is 0 Å². The SMILES string of the molecule is O=C(CC(c1cccc(O)c1)c1ccccc1Cl)NCc1ccncc1. The lowest BCUT2D eigenvalue weighted by Gasteiger charge is -2.19. The fourth-order valence-corrected chi connectivity index (χ4v) is 3.13. The molecule has 0 aliphatic rings. The molecular weight excluding hydrogens is 348 g/mol. The summed E-state index contributed by atoms with van der Waals surface area (Å²) in [6.45, 7) is 0.441.